The molecule has 0 aromatic heterocycles. The zero-order valence-corrected chi connectivity index (χ0v) is 11.6. The number of nitrogens with one attached hydrogen (secondary N) is 2. The summed E-state index contributed by atoms with van der Waals surface area (Å²) in [5.74, 6) is 0.756. The Bertz CT molecular complexity index is 373. The van der Waals surface area contributed by atoms with Crippen molar-refractivity contribution in [2.45, 2.75) is 40.0 Å². The van der Waals surface area contributed by atoms with Crippen LogP contribution in [0.2, 0.25) is 0 Å². The fraction of sp³-hybridized carbons (Fsp3) is 0.533. The average Bonchev–Trinajstić information content (AvgIpc) is 2.40. The minimum atomic E-state index is 0.0483. The molecule has 2 N–H and O–H groups in total. The van der Waals surface area contributed by atoms with E-state index in [1.54, 1.807) is 0 Å². The number of amides is 1. The highest BCUT2D eigenvalue weighted by atomic mass is 16.1. The standard InChI is InChI=1S/C15H24N2O/c1-4-12(5-2)11-16-13-8-7-9-14(10-13)17-15(18)6-3/h7-10,12,16H,4-6,11H2,1-3H3,(H,17,18). The lowest BCUT2D eigenvalue weighted by Crippen LogP contribution is -2.13. The van der Waals surface area contributed by atoms with Crippen LogP contribution in [0.25, 0.3) is 0 Å². The van der Waals surface area contributed by atoms with E-state index in [0.717, 1.165) is 17.9 Å². The van der Waals surface area contributed by atoms with Gasteiger partial charge in [0.15, 0.2) is 0 Å². The van der Waals surface area contributed by atoms with Crippen molar-refractivity contribution >= 4 is 17.3 Å². The second kappa shape index (κ2) is 7.75. The number of benzene rings is 1. The molecule has 0 aliphatic heterocycles. The largest absolute Gasteiger partial charge is 0.385 e. The summed E-state index contributed by atoms with van der Waals surface area (Å²) in [6, 6.07) is 7.89. The van der Waals surface area contributed by atoms with E-state index in [1.165, 1.54) is 12.8 Å². The summed E-state index contributed by atoms with van der Waals surface area (Å²) in [6.45, 7) is 7.27. The lowest BCUT2D eigenvalue weighted by Gasteiger charge is -2.15. The van der Waals surface area contributed by atoms with Crippen molar-refractivity contribution in [3.05, 3.63) is 24.3 Å². The highest BCUT2D eigenvalue weighted by molar-refractivity contribution is 5.90. The normalized spacial score (nSPS) is 10.4. The van der Waals surface area contributed by atoms with Crippen LogP contribution in [-0.2, 0) is 4.79 Å². The molecule has 0 spiro atoms. The minimum absolute atomic E-state index is 0.0483. The monoisotopic (exact) mass is 248 g/mol. The summed E-state index contributed by atoms with van der Waals surface area (Å²) >= 11 is 0. The summed E-state index contributed by atoms with van der Waals surface area (Å²) in [5.41, 5.74) is 1.92. The summed E-state index contributed by atoms with van der Waals surface area (Å²) in [5, 5.41) is 6.30. The Kier molecular flexibility index (Phi) is 6.26. The van der Waals surface area contributed by atoms with Gasteiger partial charge in [0.25, 0.3) is 0 Å². The molecule has 3 nitrogen and oxygen atoms in total. The molecule has 0 heterocycles. The Morgan fingerprint density at radius 2 is 1.83 bits per heavy atom. The molecule has 1 rings (SSSR count). The molecule has 0 unspecified atom stereocenters. The third-order valence-electron chi connectivity index (χ3n) is 3.22. The molecule has 3 heteroatoms. The maximum atomic E-state index is 11.3. The average molecular weight is 248 g/mol. The van der Waals surface area contributed by atoms with Crippen LogP contribution in [0.1, 0.15) is 40.0 Å². The van der Waals surface area contributed by atoms with Crippen LogP contribution in [0.15, 0.2) is 24.3 Å². The maximum absolute atomic E-state index is 11.3. The third kappa shape index (κ3) is 4.78. The third-order valence-corrected chi connectivity index (χ3v) is 3.22. The van der Waals surface area contributed by atoms with Crippen molar-refractivity contribution in [1.29, 1.82) is 0 Å². The van der Waals surface area contributed by atoms with Crippen molar-refractivity contribution in [2.24, 2.45) is 5.92 Å². The van der Waals surface area contributed by atoms with Gasteiger partial charge in [-0.3, -0.25) is 4.79 Å². The predicted octanol–water partition coefficient (Wildman–Crippen LogP) is 3.88. The number of anilines is 2. The summed E-state index contributed by atoms with van der Waals surface area (Å²) in [6.07, 6.45) is 2.89. The molecule has 0 aliphatic rings. The van der Waals surface area contributed by atoms with Gasteiger partial charge < -0.3 is 10.6 Å². The van der Waals surface area contributed by atoms with Crippen molar-refractivity contribution in [3.63, 3.8) is 0 Å². The van der Waals surface area contributed by atoms with Crippen molar-refractivity contribution in [2.75, 3.05) is 17.2 Å². The van der Waals surface area contributed by atoms with Gasteiger partial charge in [0.2, 0.25) is 5.91 Å². The van der Waals surface area contributed by atoms with Gasteiger partial charge in [0, 0.05) is 24.3 Å². The second-order valence-corrected chi connectivity index (χ2v) is 4.55. The molecule has 0 saturated carbocycles. The summed E-state index contributed by atoms with van der Waals surface area (Å²) < 4.78 is 0. The van der Waals surface area contributed by atoms with E-state index in [1.807, 2.05) is 31.2 Å². The van der Waals surface area contributed by atoms with Crippen molar-refractivity contribution in [1.82, 2.24) is 0 Å². The van der Waals surface area contributed by atoms with Crippen molar-refractivity contribution in [3.8, 4) is 0 Å². The van der Waals surface area contributed by atoms with E-state index in [0.29, 0.717) is 12.3 Å². The summed E-state index contributed by atoms with van der Waals surface area (Å²) in [4.78, 5) is 11.3. The van der Waals surface area contributed by atoms with E-state index in [-0.39, 0.29) is 5.91 Å². The quantitative estimate of drug-likeness (QED) is 0.768. The molecule has 0 atom stereocenters. The first-order valence-corrected chi connectivity index (χ1v) is 6.83. The van der Waals surface area contributed by atoms with Crippen LogP contribution in [0.5, 0.6) is 0 Å². The molecule has 1 aromatic carbocycles. The first-order valence-electron chi connectivity index (χ1n) is 6.83. The van der Waals surface area contributed by atoms with E-state index >= 15 is 0 Å². The molecule has 100 valence electrons. The number of rotatable bonds is 7. The molecule has 1 amide bonds. The van der Waals surface area contributed by atoms with Crippen molar-refractivity contribution < 1.29 is 4.79 Å². The van der Waals surface area contributed by atoms with Crippen LogP contribution in [0.3, 0.4) is 0 Å². The molecule has 0 bridgehead atoms. The first kappa shape index (κ1) is 14.6. The molecule has 0 fully saturated rings. The Morgan fingerprint density at radius 3 is 2.44 bits per heavy atom. The van der Waals surface area contributed by atoms with Gasteiger partial charge in [-0.25, -0.2) is 0 Å². The Labute approximate surface area is 110 Å². The van der Waals surface area contributed by atoms with Gasteiger partial charge in [-0.05, 0) is 24.1 Å². The SMILES string of the molecule is CCC(=O)Nc1cccc(NCC(CC)CC)c1. The van der Waals surface area contributed by atoms with E-state index in [2.05, 4.69) is 24.5 Å². The predicted molar refractivity (Wildman–Crippen MR) is 77.9 cm³/mol. The summed E-state index contributed by atoms with van der Waals surface area (Å²) in [7, 11) is 0. The van der Waals surface area contributed by atoms with E-state index in [4.69, 9.17) is 0 Å². The topological polar surface area (TPSA) is 41.1 Å². The minimum Gasteiger partial charge on any atom is -0.385 e. The number of hydrogen-bond acceptors (Lipinski definition) is 2. The molecule has 18 heavy (non-hydrogen) atoms. The number of hydrogen-bond donors (Lipinski definition) is 2. The first-order chi connectivity index (χ1) is 8.69. The van der Waals surface area contributed by atoms with E-state index in [9.17, 15) is 4.79 Å². The smallest absolute Gasteiger partial charge is 0.224 e. The Hall–Kier alpha value is -1.51. The van der Waals surface area contributed by atoms with Gasteiger partial charge >= 0.3 is 0 Å². The lowest BCUT2D eigenvalue weighted by molar-refractivity contribution is -0.115. The van der Waals surface area contributed by atoms with Crippen LogP contribution in [0, 0.1) is 5.92 Å². The maximum Gasteiger partial charge on any atom is 0.224 e. The van der Waals surface area contributed by atoms with Gasteiger partial charge in [0.1, 0.15) is 0 Å². The number of carbonyl (C=O) groups excluding carboxylic acids is 1. The van der Waals surface area contributed by atoms with Gasteiger partial charge in [0.05, 0.1) is 0 Å². The molecular formula is C15H24N2O. The molecular weight excluding hydrogens is 224 g/mol. The zero-order chi connectivity index (χ0) is 13.4. The van der Waals surface area contributed by atoms with Crippen LogP contribution >= 0.6 is 0 Å². The van der Waals surface area contributed by atoms with Gasteiger partial charge in [-0.15, -0.1) is 0 Å². The molecule has 0 saturated heterocycles. The number of carbonyl (C=O) groups is 1. The van der Waals surface area contributed by atoms with E-state index < -0.39 is 0 Å². The Morgan fingerprint density at radius 1 is 1.17 bits per heavy atom. The zero-order valence-electron chi connectivity index (χ0n) is 11.6. The molecule has 1 aromatic rings. The highest BCUT2D eigenvalue weighted by Crippen LogP contribution is 2.17. The van der Waals surface area contributed by atoms with Crippen LogP contribution in [0.4, 0.5) is 11.4 Å². The molecule has 0 radical (unpaired) electrons. The second-order valence-electron chi connectivity index (χ2n) is 4.55. The Balaban J connectivity index is 2.56. The fourth-order valence-corrected chi connectivity index (χ4v) is 1.80. The van der Waals surface area contributed by atoms with Gasteiger partial charge in [-0.1, -0.05) is 39.7 Å². The fourth-order valence-electron chi connectivity index (χ4n) is 1.80. The highest BCUT2D eigenvalue weighted by Gasteiger charge is 2.04. The lowest BCUT2D eigenvalue weighted by atomic mass is 10.0. The molecule has 0 aliphatic carbocycles. The van der Waals surface area contributed by atoms with Crippen LogP contribution < -0.4 is 10.6 Å². The van der Waals surface area contributed by atoms with Crippen LogP contribution in [-0.4, -0.2) is 12.5 Å². The van der Waals surface area contributed by atoms with Gasteiger partial charge in [-0.2, -0.15) is 0 Å².